The molecule has 1 aromatic rings. The Balaban J connectivity index is 2.00. The van der Waals surface area contributed by atoms with Crippen LogP contribution in [0.5, 0.6) is 0 Å². The van der Waals surface area contributed by atoms with Crippen LogP contribution in [0.25, 0.3) is 0 Å². The van der Waals surface area contributed by atoms with Gasteiger partial charge in [0.1, 0.15) is 0 Å². The second-order valence-electron chi connectivity index (χ2n) is 9.88. The van der Waals surface area contributed by atoms with E-state index in [4.69, 9.17) is 13.7 Å². The summed E-state index contributed by atoms with van der Waals surface area (Å²) in [5.41, 5.74) is 0.949. The van der Waals surface area contributed by atoms with Crippen molar-refractivity contribution in [3.05, 3.63) is 29.8 Å². The molecule has 8 nitrogen and oxygen atoms in total. The van der Waals surface area contributed by atoms with Crippen LogP contribution in [-0.2, 0) is 33.8 Å². The second-order valence-corrected chi connectivity index (χ2v) is 19.2. The van der Waals surface area contributed by atoms with Gasteiger partial charge in [-0.05, 0) is 45.4 Å². The number of benzene rings is 1. The third-order valence-corrected chi connectivity index (χ3v) is 10.4. The maximum atomic E-state index is 13.1. The molecule has 1 aliphatic heterocycles. The number of hydrogen-bond donors (Lipinski definition) is 0. The normalized spacial score (nSPS) is 19.5. The van der Waals surface area contributed by atoms with Crippen LogP contribution in [0.2, 0.25) is 25.7 Å². The van der Waals surface area contributed by atoms with Gasteiger partial charge in [0.2, 0.25) is 10.0 Å². The molecule has 1 atom stereocenters. The molecule has 0 radical (unpaired) electrons. The Morgan fingerprint density at radius 2 is 1.75 bits per heavy atom. The highest BCUT2D eigenvalue weighted by Gasteiger charge is 2.36. The van der Waals surface area contributed by atoms with Gasteiger partial charge >= 0.3 is 0 Å². The average Bonchev–Trinajstić information content (AvgIpc) is 3.01. The lowest BCUT2D eigenvalue weighted by molar-refractivity contribution is -0.139. The molecule has 1 unspecified atom stereocenters. The van der Waals surface area contributed by atoms with E-state index in [9.17, 15) is 16.8 Å². The van der Waals surface area contributed by atoms with Crippen molar-refractivity contribution in [2.75, 3.05) is 32.1 Å². The van der Waals surface area contributed by atoms with Crippen molar-refractivity contribution < 1.29 is 30.5 Å². The van der Waals surface area contributed by atoms with Gasteiger partial charge in [0, 0.05) is 21.2 Å². The van der Waals surface area contributed by atoms with Gasteiger partial charge in [0.25, 0.3) is 10.1 Å². The summed E-state index contributed by atoms with van der Waals surface area (Å²) in [7, 11) is -8.96. The fourth-order valence-electron chi connectivity index (χ4n) is 3.17. The zero-order chi connectivity index (χ0) is 24.2. The highest BCUT2D eigenvalue weighted by atomic mass is 32.2. The summed E-state index contributed by atoms with van der Waals surface area (Å²) in [6.07, 6.45) is -0.127. The number of aryl methyl sites for hydroxylation is 1. The van der Waals surface area contributed by atoms with Crippen LogP contribution in [-0.4, -0.2) is 73.2 Å². The quantitative estimate of drug-likeness (QED) is 0.243. The standard InChI is InChI=1S/C21H37NO7S2Si/c1-18-8-10-20(11-9-18)31(25,26)28-13-7-12-22(16-19-17-27-21(2,3)29-19)30(23,24)14-15-32(4,5)6/h8-11,19H,7,12-17H2,1-6H3. The van der Waals surface area contributed by atoms with Crippen molar-refractivity contribution in [2.45, 2.75) is 69.7 Å². The molecular formula is C21H37NO7S2Si. The lowest BCUT2D eigenvalue weighted by atomic mass is 10.2. The fourth-order valence-corrected chi connectivity index (χ4v) is 8.65. The smallest absolute Gasteiger partial charge is 0.296 e. The van der Waals surface area contributed by atoms with E-state index in [-0.39, 0.29) is 42.9 Å². The monoisotopic (exact) mass is 507 g/mol. The van der Waals surface area contributed by atoms with Gasteiger partial charge in [-0.25, -0.2) is 8.42 Å². The van der Waals surface area contributed by atoms with Crippen LogP contribution < -0.4 is 0 Å². The van der Waals surface area contributed by atoms with E-state index in [0.29, 0.717) is 12.7 Å². The summed E-state index contributed by atoms with van der Waals surface area (Å²) in [5, 5.41) is 0. The fraction of sp³-hybridized carbons (Fsp3) is 0.714. The molecule has 0 aromatic heterocycles. The number of nitrogens with zero attached hydrogens (tertiary/aromatic N) is 1. The van der Waals surface area contributed by atoms with Gasteiger partial charge in [0.15, 0.2) is 5.79 Å². The molecule has 1 aromatic carbocycles. The van der Waals surface area contributed by atoms with E-state index in [1.54, 1.807) is 26.0 Å². The van der Waals surface area contributed by atoms with Crippen molar-refractivity contribution in [2.24, 2.45) is 0 Å². The Morgan fingerprint density at radius 3 is 2.28 bits per heavy atom. The van der Waals surface area contributed by atoms with E-state index in [2.05, 4.69) is 19.6 Å². The van der Waals surface area contributed by atoms with Crippen molar-refractivity contribution >= 4 is 28.2 Å². The van der Waals surface area contributed by atoms with E-state index < -0.39 is 34.0 Å². The molecule has 1 heterocycles. The predicted octanol–water partition coefficient (Wildman–Crippen LogP) is 3.21. The molecule has 1 aliphatic rings. The Labute approximate surface area is 194 Å². The first-order valence-electron chi connectivity index (χ1n) is 10.9. The van der Waals surface area contributed by atoms with Gasteiger partial charge in [-0.1, -0.05) is 37.3 Å². The van der Waals surface area contributed by atoms with Crippen LogP contribution in [0, 0.1) is 6.92 Å². The first kappa shape index (κ1) is 27.4. The maximum absolute atomic E-state index is 13.1. The van der Waals surface area contributed by atoms with Crippen molar-refractivity contribution in [3.8, 4) is 0 Å². The SMILES string of the molecule is Cc1ccc(S(=O)(=O)OCCCN(CC2COC(C)(C)O2)S(=O)(=O)CC[Si](C)(C)C)cc1. The molecule has 1 saturated heterocycles. The number of rotatable bonds is 12. The Morgan fingerprint density at radius 1 is 1.12 bits per heavy atom. The lowest BCUT2D eigenvalue weighted by Gasteiger charge is -2.26. The predicted molar refractivity (Wildman–Crippen MR) is 127 cm³/mol. The van der Waals surface area contributed by atoms with Gasteiger partial charge in [-0.3, -0.25) is 4.18 Å². The number of hydrogen-bond acceptors (Lipinski definition) is 7. The summed E-state index contributed by atoms with van der Waals surface area (Å²) in [4.78, 5) is 0.0847. The molecule has 0 amide bonds. The van der Waals surface area contributed by atoms with E-state index in [1.807, 2.05) is 6.92 Å². The Bertz CT molecular complexity index is 955. The van der Waals surface area contributed by atoms with Gasteiger partial charge in [-0.2, -0.15) is 12.7 Å². The lowest BCUT2D eigenvalue weighted by Crippen LogP contribution is -2.42. The number of ether oxygens (including phenoxy) is 2. The summed E-state index contributed by atoms with van der Waals surface area (Å²) < 4.78 is 68.8. The van der Waals surface area contributed by atoms with Gasteiger partial charge in [0.05, 0.1) is 30.0 Å². The Hall–Kier alpha value is -0.823. The molecule has 0 N–H and O–H groups in total. The van der Waals surface area contributed by atoms with Crippen LogP contribution in [0.3, 0.4) is 0 Å². The summed E-state index contributed by atoms with van der Waals surface area (Å²) in [6, 6.07) is 7.05. The summed E-state index contributed by atoms with van der Waals surface area (Å²) in [6.45, 7) is 12.4. The molecule has 0 bridgehead atoms. The van der Waals surface area contributed by atoms with E-state index in [1.165, 1.54) is 16.4 Å². The summed E-state index contributed by atoms with van der Waals surface area (Å²) in [5.74, 6) is -0.675. The first-order chi connectivity index (χ1) is 14.6. The van der Waals surface area contributed by atoms with Crippen LogP contribution in [0.1, 0.15) is 25.8 Å². The maximum Gasteiger partial charge on any atom is 0.296 e. The zero-order valence-corrected chi connectivity index (χ0v) is 22.6. The van der Waals surface area contributed by atoms with Crippen molar-refractivity contribution in [1.82, 2.24) is 4.31 Å². The van der Waals surface area contributed by atoms with Crippen LogP contribution in [0.4, 0.5) is 0 Å². The average molecular weight is 508 g/mol. The third kappa shape index (κ3) is 8.84. The van der Waals surface area contributed by atoms with Crippen molar-refractivity contribution in [1.29, 1.82) is 0 Å². The molecular weight excluding hydrogens is 470 g/mol. The van der Waals surface area contributed by atoms with Gasteiger partial charge < -0.3 is 9.47 Å². The van der Waals surface area contributed by atoms with Crippen LogP contribution >= 0.6 is 0 Å². The molecule has 32 heavy (non-hydrogen) atoms. The third-order valence-electron chi connectivity index (χ3n) is 5.08. The van der Waals surface area contributed by atoms with Crippen LogP contribution in [0.15, 0.2) is 29.2 Å². The summed E-state index contributed by atoms with van der Waals surface area (Å²) >= 11 is 0. The highest BCUT2D eigenvalue weighted by molar-refractivity contribution is 7.89. The zero-order valence-electron chi connectivity index (χ0n) is 20.0. The highest BCUT2D eigenvalue weighted by Crippen LogP contribution is 2.24. The minimum atomic E-state index is -3.88. The largest absolute Gasteiger partial charge is 0.348 e. The molecule has 0 saturated carbocycles. The minimum absolute atomic E-state index is 0.0716. The molecule has 2 rings (SSSR count). The molecule has 1 fully saturated rings. The first-order valence-corrected chi connectivity index (χ1v) is 17.6. The topological polar surface area (TPSA) is 99.2 Å². The molecule has 184 valence electrons. The molecule has 0 spiro atoms. The van der Waals surface area contributed by atoms with Crippen molar-refractivity contribution in [3.63, 3.8) is 0 Å². The Kier molecular flexibility index (Phi) is 9.10. The van der Waals surface area contributed by atoms with E-state index in [0.717, 1.165) is 5.56 Å². The van der Waals surface area contributed by atoms with Gasteiger partial charge in [-0.15, -0.1) is 0 Å². The number of sulfonamides is 1. The molecule has 11 heteroatoms. The van der Waals surface area contributed by atoms with E-state index >= 15 is 0 Å². The minimum Gasteiger partial charge on any atom is -0.348 e. The molecule has 0 aliphatic carbocycles. The second kappa shape index (κ2) is 10.6.